The Labute approximate surface area is 118 Å². The summed E-state index contributed by atoms with van der Waals surface area (Å²) >= 11 is 0. The van der Waals surface area contributed by atoms with Crippen LogP contribution in [-0.4, -0.2) is 11.0 Å². The molecule has 0 unspecified atom stereocenters. The fourth-order valence-electron chi connectivity index (χ4n) is 1.93. The molecule has 0 amide bonds. The molecule has 0 aliphatic carbocycles. The summed E-state index contributed by atoms with van der Waals surface area (Å²) in [5.74, 6) is -0.214. The van der Waals surface area contributed by atoms with E-state index in [2.05, 4.69) is 4.98 Å². The Hall–Kier alpha value is -2.36. The lowest BCUT2D eigenvalue weighted by Crippen LogP contribution is -2.06. The third kappa shape index (κ3) is 4.39. The SMILES string of the molecule is Cc1cncc(COC(=O)CCc2cccc(N)c2)c1. The molecule has 1 aromatic heterocycles. The van der Waals surface area contributed by atoms with E-state index < -0.39 is 0 Å². The maximum atomic E-state index is 11.7. The number of aryl methyl sites for hydroxylation is 2. The van der Waals surface area contributed by atoms with Crippen LogP contribution in [0.2, 0.25) is 0 Å². The van der Waals surface area contributed by atoms with Gasteiger partial charge in [-0.15, -0.1) is 0 Å². The number of anilines is 1. The molecule has 2 rings (SSSR count). The summed E-state index contributed by atoms with van der Waals surface area (Å²) in [6, 6.07) is 9.49. The molecule has 0 atom stereocenters. The standard InChI is InChI=1S/C16H18N2O2/c1-12-7-14(10-18-9-12)11-20-16(19)6-5-13-3-2-4-15(17)8-13/h2-4,7-10H,5-6,11,17H2,1H3. The average Bonchev–Trinajstić information content (AvgIpc) is 2.43. The molecule has 0 fully saturated rings. The van der Waals surface area contributed by atoms with Gasteiger partial charge in [-0.3, -0.25) is 9.78 Å². The molecule has 0 saturated carbocycles. The number of hydrogen-bond acceptors (Lipinski definition) is 4. The maximum absolute atomic E-state index is 11.7. The topological polar surface area (TPSA) is 65.2 Å². The van der Waals surface area contributed by atoms with Gasteiger partial charge in [0, 0.05) is 30.1 Å². The number of nitrogen functional groups attached to an aromatic ring is 1. The van der Waals surface area contributed by atoms with E-state index in [1.54, 1.807) is 12.4 Å². The van der Waals surface area contributed by atoms with Gasteiger partial charge in [0.25, 0.3) is 0 Å². The van der Waals surface area contributed by atoms with Crippen LogP contribution in [0.1, 0.15) is 23.1 Å². The lowest BCUT2D eigenvalue weighted by Gasteiger charge is -2.06. The smallest absolute Gasteiger partial charge is 0.306 e. The minimum absolute atomic E-state index is 0.214. The highest BCUT2D eigenvalue weighted by Gasteiger charge is 2.05. The number of ether oxygens (including phenoxy) is 1. The van der Waals surface area contributed by atoms with Crippen LogP contribution in [0.4, 0.5) is 5.69 Å². The number of benzene rings is 1. The van der Waals surface area contributed by atoms with Crippen LogP contribution in [0, 0.1) is 6.92 Å². The lowest BCUT2D eigenvalue weighted by atomic mass is 10.1. The Kier molecular flexibility index (Phi) is 4.71. The van der Waals surface area contributed by atoms with E-state index in [9.17, 15) is 4.79 Å². The first-order valence-electron chi connectivity index (χ1n) is 6.54. The molecule has 0 aliphatic rings. The van der Waals surface area contributed by atoms with Crippen molar-refractivity contribution in [2.24, 2.45) is 0 Å². The fourth-order valence-corrected chi connectivity index (χ4v) is 1.93. The molecule has 0 radical (unpaired) electrons. The van der Waals surface area contributed by atoms with E-state index in [0.29, 0.717) is 18.5 Å². The second kappa shape index (κ2) is 6.70. The van der Waals surface area contributed by atoms with Crippen molar-refractivity contribution < 1.29 is 9.53 Å². The molecule has 4 heteroatoms. The molecule has 4 nitrogen and oxygen atoms in total. The zero-order chi connectivity index (χ0) is 14.4. The number of aromatic nitrogens is 1. The first kappa shape index (κ1) is 14.1. The minimum Gasteiger partial charge on any atom is -0.461 e. The van der Waals surface area contributed by atoms with E-state index in [-0.39, 0.29) is 12.6 Å². The second-order valence-corrected chi connectivity index (χ2v) is 4.78. The van der Waals surface area contributed by atoms with E-state index in [4.69, 9.17) is 10.5 Å². The first-order chi connectivity index (χ1) is 9.63. The third-order valence-electron chi connectivity index (χ3n) is 2.90. The third-order valence-corrected chi connectivity index (χ3v) is 2.90. The van der Waals surface area contributed by atoms with E-state index in [0.717, 1.165) is 16.7 Å². The van der Waals surface area contributed by atoms with Gasteiger partial charge in [-0.1, -0.05) is 12.1 Å². The highest BCUT2D eigenvalue weighted by molar-refractivity contribution is 5.69. The van der Waals surface area contributed by atoms with Gasteiger partial charge in [-0.2, -0.15) is 0 Å². The second-order valence-electron chi connectivity index (χ2n) is 4.78. The van der Waals surface area contributed by atoms with Crippen molar-refractivity contribution in [3.8, 4) is 0 Å². The fraction of sp³-hybridized carbons (Fsp3) is 0.250. The number of nitrogens with zero attached hydrogens (tertiary/aromatic N) is 1. The summed E-state index contributed by atoms with van der Waals surface area (Å²) in [6.07, 6.45) is 4.46. The average molecular weight is 270 g/mol. The Bertz CT molecular complexity index is 545. The van der Waals surface area contributed by atoms with E-state index >= 15 is 0 Å². The number of rotatable bonds is 5. The van der Waals surface area contributed by atoms with Gasteiger partial charge in [0.15, 0.2) is 0 Å². The highest BCUT2D eigenvalue weighted by atomic mass is 16.5. The van der Waals surface area contributed by atoms with Gasteiger partial charge < -0.3 is 10.5 Å². The molecule has 0 bridgehead atoms. The van der Waals surface area contributed by atoms with Gasteiger partial charge in [0.2, 0.25) is 0 Å². The number of carbonyl (C=O) groups is 1. The lowest BCUT2D eigenvalue weighted by molar-refractivity contribution is -0.144. The molecule has 1 aromatic carbocycles. The van der Waals surface area contributed by atoms with Crippen LogP contribution in [0.5, 0.6) is 0 Å². The maximum Gasteiger partial charge on any atom is 0.306 e. The van der Waals surface area contributed by atoms with Gasteiger partial charge >= 0.3 is 5.97 Å². The van der Waals surface area contributed by atoms with Crippen molar-refractivity contribution >= 4 is 11.7 Å². The first-order valence-corrected chi connectivity index (χ1v) is 6.54. The van der Waals surface area contributed by atoms with Crippen LogP contribution in [0.3, 0.4) is 0 Å². The van der Waals surface area contributed by atoms with Gasteiger partial charge in [-0.05, 0) is 42.7 Å². The van der Waals surface area contributed by atoms with Crippen molar-refractivity contribution in [2.45, 2.75) is 26.4 Å². The van der Waals surface area contributed by atoms with Gasteiger partial charge in [0.1, 0.15) is 6.61 Å². The molecule has 104 valence electrons. The molecule has 2 aromatic rings. The normalized spacial score (nSPS) is 10.2. The summed E-state index contributed by atoms with van der Waals surface area (Å²) in [7, 11) is 0. The summed E-state index contributed by atoms with van der Waals surface area (Å²) in [4.78, 5) is 15.7. The Morgan fingerprint density at radius 2 is 2.10 bits per heavy atom. The molecule has 20 heavy (non-hydrogen) atoms. The Morgan fingerprint density at radius 3 is 2.85 bits per heavy atom. The molecule has 0 saturated heterocycles. The van der Waals surface area contributed by atoms with E-state index in [1.807, 2.05) is 37.3 Å². The zero-order valence-corrected chi connectivity index (χ0v) is 11.5. The van der Waals surface area contributed by atoms with Crippen molar-refractivity contribution in [1.29, 1.82) is 0 Å². The van der Waals surface area contributed by atoms with Gasteiger partial charge in [0.05, 0.1) is 0 Å². The predicted octanol–water partition coefficient (Wildman–Crippen LogP) is 2.65. The van der Waals surface area contributed by atoms with Crippen molar-refractivity contribution in [1.82, 2.24) is 4.98 Å². The zero-order valence-electron chi connectivity index (χ0n) is 11.5. The quantitative estimate of drug-likeness (QED) is 0.670. The Balaban J connectivity index is 1.78. The summed E-state index contributed by atoms with van der Waals surface area (Å²) in [5, 5.41) is 0. The predicted molar refractivity (Wildman–Crippen MR) is 77.9 cm³/mol. The van der Waals surface area contributed by atoms with Crippen LogP contribution in [0.25, 0.3) is 0 Å². The van der Waals surface area contributed by atoms with Crippen LogP contribution in [-0.2, 0) is 22.6 Å². The van der Waals surface area contributed by atoms with Crippen molar-refractivity contribution in [2.75, 3.05) is 5.73 Å². The van der Waals surface area contributed by atoms with Crippen LogP contribution in [0.15, 0.2) is 42.7 Å². The molecular formula is C16H18N2O2. The summed E-state index contributed by atoms with van der Waals surface area (Å²) in [5.41, 5.74) is 9.40. The molecule has 0 spiro atoms. The monoisotopic (exact) mass is 270 g/mol. The number of pyridine rings is 1. The molecule has 1 heterocycles. The van der Waals surface area contributed by atoms with Crippen LogP contribution < -0.4 is 5.73 Å². The highest BCUT2D eigenvalue weighted by Crippen LogP contribution is 2.10. The van der Waals surface area contributed by atoms with Crippen LogP contribution >= 0.6 is 0 Å². The molecular weight excluding hydrogens is 252 g/mol. The van der Waals surface area contributed by atoms with E-state index in [1.165, 1.54) is 0 Å². The number of hydrogen-bond donors (Lipinski definition) is 1. The number of nitrogens with two attached hydrogens (primary N) is 1. The summed E-state index contributed by atoms with van der Waals surface area (Å²) < 4.78 is 5.22. The molecule has 0 aliphatic heterocycles. The van der Waals surface area contributed by atoms with Gasteiger partial charge in [-0.25, -0.2) is 0 Å². The largest absolute Gasteiger partial charge is 0.461 e. The van der Waals surface area contributed by atoms with Crippen molar-refractivity contribution in [3.63, 3.8) is 0 Å². The summed E-state index contributed by atoms with van der Waals surface area (Å²) in [6.45, 7) is 2.22. The minimum atomic E-state index is -0.214. The molecule has 2 N–H and O–H groups in total. The number of esters is 1. The number of carbonyl (C=O) groups excluding carboxylic acids is 1. The van der Waals surface area contributed by atoms with Crippen molar-refractivity contribution in [3.05, 3.63) is 59.4 Å². The Morgan fingerprint density at radius 1 is 1.25 bits per heavy atom.